The van der Waals surface area contributed by atoms with Crippen LogP contribution in [-0.4, -0.2) is 15.0 Å². The molecular formula is C42H28N4. The molecule has 1 N–H and O–H groups in total. The van der Waals surface area contributed by atoms with Gasteiger partial charge in [0.2, 0.25) is 0 Å². The first kappa shape index (κ1) is 26.3. The van der Waals surface area contributed by atoms with E-state index in [2.05, 4.69) is 144 Å². The van der Waals surface area contributed by atoms with E-state index in [1.54, 1.807) is 0 Å². The zero-order valence-corrected chi connectivity index (χ0v) is 24.9. The van der Waals surface area contributed by atoms with Crippen LogP contribution in [-0.2, 0) is 0 Å². The summed E-state index contributed by atoms with van der Waals surface area (Å²) in [5.41, 5.74) is 11.4. The SMILES string of the molecule is C1=CC(c2ccccc2)Nc2c1ccc1ccc(-c3ccc4nc(-c5ccccn5)c5cccc(-c6ccccc6)c5c4c3)nc21. The fraction of sp³-hybridized carbons (Fsp3) is 0.0238. The Morgan fingerprint density at radius 3 is 2.26 bits per heavy atom. The smallest absolute Gasteiger partial charge is 0.0972 e. The molecule has 0 amide bonds. The molecule has 1 aliphatic heterocycles. The molecule has 46 heavy (non-hydrogen) atoms. The number of anilines is 1. The van der Waals surface area contributed by atoms with Crippen molar-refractivity contribution in [3.8, 4) is 33.8 Å². The molecule has 0 saturated carbocycles. The van der Waals surface area contributed by atoms with Crippen LogP contribution in [0.15, 0.2) is 152 Å². The third-order valence-corrected chi connectivity index (χ3v) is 8.93. The van der Waals surface area contributed by atoms with Gasteiger partial charge in [0.1, 0.15) is 0 Å². The fourth-order valence-electron chi connectivity index (χ4n) is 6.68. The molecule has 0 aliphatic carbocycles. The first-order valence-corrected chi connectivity index (χ1v) is 15.6. The van der Waals surface area contributed by atoms with Gasteiger partial charge in [-0.15, -0.1) is 0 Å². The Balaban J connectivity index is 1.24. The number of nitrogens with one attached hydrogen (secondary N) is 1. The Morgan fingerprint density at radius 2 is 1.41 bits per heavy atom. The minimum Gasteiger partial charge on any atom is -0.372 e. The number of pyridine rings is 3. The lowest BCUT2D eigenvalue weighted by Crippen LogP contribution is -2.12. The number of hydrogen-bond acceptors (Lipinski definition) is 4. The van der Waals surface area contributed by atoms with E-state index in [9.17, 15) is 0 Å². The van der Waals surface area contributed by atoms with Gasteiger partial charge < -0.3 is 5.32 Å². The maximum Gasteiger partial charge on any atom is 0.0972 e. The van der Waals surface area contributed by atoms with Crippen LogP contribution < -0.4 is 5.32 Å². The van der Waals surface area contributed by atoms with E-state index in [0.29, 0.717) is 0 Å². The summed E-state index contributed by atoms with van der Waals surface area (Å²) in [5.74, 6) is 0. The molecule has 4 heteroatoms. The summed E-state index contributed by atoms with van der Waals surface area (Å²) in [4.78, 5) is 15.2. The standard InChI is InChI=1S/C42H28N4/c1-3-10-27(11-4-1)32-14-9-15-33-39(32)34-26-31(21-24-37(34)46-42(33)38-16-7-8-25-43-38)36-23-20-30-18-17-29-19-22-35(28-12-5-2-6-13-28)44-40(29)41(30)45-36/h1-26,35,44H. The average molecular weight is 589 g/mol. The molecule has 4 nitrogen and oxygen atoms in total. The second kappa shape index (κ2) is 10.8. The number of nitrogens with zero attached hydrogens (tertiary/aromatic N) is 3. The Hall–Kier alpha value is -6.13. The van der Waals surface area contributed by atoms with Gasteiger partial charge in [0, 0.05) is 33.3 Å². The van der Waals surface area contributed by atoms with Crippen LogP contribution in [0.3, 0.4) is 0 Å². The zero-order valence-electron chi connectivity index (χ0n) is 24.9. The van der Waals surface area contributed by atoms with E-state index in [-0.39, 0.29) is 6.04 Å². The highest BCUT2D eigenvalue weighted by atomic mass is 14.9. The van der Waals surface area contributed by atoms with Crippen LogP contribution >= 0.6 is 0 Å². The quantitative estimate of drug-likeness (QED) is 0.208. The number of benzene rings is 5. The summed E-state index contributed by atoms with van der Waals surface area (Å²) in [6, 6.07) is 48.8. The van der Waals surface area contributed by atoms with E-state index < -0.39 is 0 Å². The number of fused-ring (bicyclic) bond motifs is 6. The fourth-order valence-corrected chi connectivity index (χ4v) is 6.68. The van der Waals surface area contributed by atoms with Gasteiger partial charge in [0.15, 0.2) is 0 Å². The van der Waals surface area contributed by atoms with Crippen molar-refractivity contribution in [2.45, 2.75) is 6.04 Å². The first-order chi connectivity index (χ1) is 22.8. The van der Waals surface area contributed by atoms with Crippen LogP contribution in [0.1, 0.15) is 17.2 Å². The lowest BCUT2D eigenvalue weighted by molar-refractivity contribution is 0.981. The van der Waals surface area contributed by atoms with Gasteiger partial charge in [-0.3, -0.25) is 4.98 Å². The molecule has 0 bridgehead atoms. The topological polar surface area (TPSA) is 50.7 Å². The van der Waals surface area contributed by atoms with Gasteiger partial charge >= 0.3 is 0 Å². The van der Waals surface area contributed by atoms with Crippen molar-refractivity contribution in [1.29, 1.82) is 0 Å². The minimum absolute atomic E-state index is 0.0903. The van der Waals surface area contributed by atoms with Gasteiger partial charge in [-0.25, -0.2) is 9.97 Å². The van der Waals surface area contributed by atoms with Gasteiger partial charge in [-0.1, -0.05) is 121 Å². The van der Waals surface area contributed by atoms with E-state index in [1.807, 2.05) is 24.4 Å². The van der Waals surface area contributed by atoms with Crippen LogP contribution in [0.2, 0.25) is 0 Å². The summed E-state index contributed by atoms with van der Waals surface area (Å²) in [7, 11) is 0. The zero-order chi connectivity index (χ0) is 30.5. The molecule has 5 aromatic carbocycles. The molecule has 0 spiro atoms. The molecule has 0 saturated heterocycles. The summed E-state index contributed by atoms with van der Waals surface area (Å²) >= 11 is 0. The van der Waals surface area contributed by atoms with Crippen molar-refractivity contribution in [2.75, 3.05) is 5.32 Å². The molecule has 1 atom stereocenters. The highest BCUT2D eigenvalue weighted by molar-refractivity contribution is 6.17. The molecule has 0 fully saturated rings. The molecule has 216 valence electrons. The second-order valence-electron chi connectivity index (χ2n) is 11.7. The lowest BCUT2D eigenvalue weighted by atomic mass is 9.92. The minimum atomic E-state index is 0.0903. The molecule has 1 aliphatic rings. The summed E-state index contributed by atoms with van der Waals surface area (Å²) < 4.78 is 0. The Labute approximate surface area is 266 Å². The summed E-state index contributed by atoms with van der Waals surface area (Å²) in [6.07, 6.45) is 6.25. The van der Waals surface area contributed by atoms with Gasteiger partial charge in [-0.05, 0) is 52.6 Å². The van der Waals surface area contributed by atoms with Gasteiger partial charge in [0.25, 0.3) is 0 Å². The number of hydrogen-bond donors (Lipinski definition) is 1. The largest absolute Gasteiger partial charge is 0.372 e. The molecule has 3 aromatic heterocycles. The van der Waals surface area contributed by atoms with Crippen LogP contribution in [0.4, 0.5) is 5.69 Å². The molecule has 8 aromatic rings. The van der Waals surface area contributed by atoms with Crippen molar-refractivity contribution in [3.63, 3.8) is 0 Å². The maximum absolute atomic E-state index is 5.29. The maximum atomic E-state index is 5.29. The monoisotopic (exact) mass is 588 g/mol. The molecular weight excluding hydrogens is 560 g/mol. The van der Waals surface area contributed by atoms with Crippen LogP contribution in [0.25, 0.3) is 72.4 Å². The van der Waals surface area contributed by atoms with Crippen molar-refractivity contribution in [2.24, 2.45) is 0 Å². The summed E-state index contributed by atoms with van der Waals surface area (Å²) in [6.45, 7) is 0. The predicted octanol–water partition coefficient (Wildman–Crippen LogP) is 10.5. The average Bonchev–Trinajstić information content (AvgIpc) is 3.14. The Bertz CT molecular complexity index is 2440. The predicted molar refractivity (Wildman–Crippen MR) is 190 cm³/mol. The summed E-state index contributed by atoms with van der Waals surface area (Å²) in [5, 5.41) is 8.21. The van der Waals surface area contributed by atoms with E-state index >= 15 is 0 Å². The third kappa shape index (κ3) is 4.42. The molecule has 4 heterocycles. The highest BCUT2D eigenvalue weighted by Crippen LogP contribution is 2.40. The number of rotatable bonds is 4. The van der Waals surface area contributed by atoms with Crippen molar-refractivity contribution >= 4 is 44.3 Å². The van der Waals surface area contributed by atoms with Crippen molar-refractivity contribution in [3.05, 3.63) is 163 Å². The van der Waals surface area contributed by atoms with Crippen LogP contribution in [0, 0.1) is 0 Å². The van der Waals surface area contributed by atoms with Crippen molar-refractivity contribution < 1.29 is 0 Å². The first-order valence-electron chi connectivity index (χ1n) is 15.6. The van der Waals surface area contributed by atoms with E-state index in [0.717, 1.165) is 66.5 Å². The van der Waals surface area contributed by atoms with E-state index in [4.69, 9.17) is 9.97 Å². The normalized spacial score (nSPS) is 14.0. The lowest BCUT2D eigenvalue weighted by Gasteiger charge is -2.24. The van der Waals surface area contributed by atoms with Gasteiger partial charge in [-0.2, -0.15) is 0 Å². The number of aromatic nitrogens is 3. The molecule has 9 rings (SSSR count). The Morgan fingerprint density at radius 1 is 0.587 bits per heavy atom. The third-order valence-electron chi connectivity index (χ3n) is 8.93. The Kier molecular flexibility index (Phi) is 6.17. The van der Waals surface area contributed by atoms with Crippen molar-refractivity contribution in [1.82, 2.24) is 15.0 Å². The highest BCUT2D eigenvalue weighted by Gasteiger charge is 2.19. The molecule has 0 radical (unpaired) electrons. The second-order valence-corrected chi connectivity index (χ2v) is 11.7. The van der Waals surface area contributed by atoms with Crippen LogP contribution in [0.5, 0.6) is 0 Å². The molecule has 1 unspecified atom stereocenters. The van der Waals surface area contributed by atoms with Gasteiger partial charge in [0.05, 0.1) is 39.8 Å². The van der Waals surface area contributed by atoms with E-state index in [1.165, 1.54) is 16.7 Å².